The summed E-state index contributed by atoms with van der Waals surface area (Å²) in [5.41, 5.74) is 2.06. The summed E-state index contributed by atoms with van der Waals surface area (Å²) < 4.78 is 4.75. The normalized spacial score (nSPS) is 24.9. The molecule has 2 aliphatic rings. The molecule has 1 aromatic rings. The zero-order valence-corrected chi connectivity index (χ0v) is 13.8. The molecule has 0 unspecified atom stereocenters. The number of carbonyl (C=O) groups excluding carboxylic acids is 2. The average Bonchev–Trinajstić information content (AvgIpc) is 2.97. The molecule has 2 saturated heterocycles. The predicted molar refractivity (Wildman–Crippen MR) is 89.6 cm³/mol. The number of hydrogen-bond donors (Lipinski definition) is 0. The van der Waals surface area contributed by atoms with Crippen molar-refractivity contribution >= 4 is 23.3 Å². The monoisotopic (exact) mass is 316 g/mol. The summed E-state index contributed by atoms with van der Waals surface area (Å²) in [6, 6.07) is 8.68. The van der Waals surface area contributed by atoms with E-state index in [2.05, 4.69) is 24.0 Å². The van der Waals surface area contributed by atoms with Gasteiger partial charge in [0.1, 0.15) is 0 Å². The molecule has 3 rings (SSSR count). The van der Waals surface area contributed by atoms with Crippen LogP contribution in [0.5, 0.6) is 0 Å². The molecule has 0 spiro atoms. The Morgan fingerprint density at radius 3 is 2.52 bits per heavy atom. The average molecular weight is 316 g/mol. The van der Waals surface area contributed by atoms with Gasteiger partial charge in [-0.1, -0.05) is 0 Å². The first-order valence-electron chi connectivity index (χ1n) is 8.35. The number of benzene rings is 1. The summed E-state index contributed by atoms with van der Waals surface area (Å²) in [7, 11) is 1.37. The lowest BCUT2D eigenvalue weighted by molar-refractivity contribution is -0.145. The highest BCUT2D eigenvalue weighted by Gasteiger charge is 2.35. The molecule has 0 bridgehead atoms. The number of esters is 1. The number of anilines is 2. The van der Waals surface area contributed by atoms with E-state index in [4.69, 9.17) is 4.74 Å². The van der Waals surface area contributed by atoms with E-state index in [0.29, 0.717) is 12.6 Å². The van der Waals surface area contributed by atoms with Gasteiger partial charge in [-0.15, -0.1) is 0 Å². The third-order valence-corrected chi connectivity index (χ3v) is 4.96. The molecule has 0 aliphatic carbocycles. The largest absolute Gasteiger partial charge is 0.469 e. The number of amides is 1. The zero-order valence-electron chi connectivity index (χ0n) is 13.8. The smallest absolute Gasteiger partial charge is 0.311 e. The molecule has 0 radical (unpaired) electrons. The van der Waals surface area contributed by atoms with Gasteiger partial charge in [0.25, 0.3) is 0 Å². The number of piperidine rings is 1. The lowest BCUT2D eigenvalue weighted by Gasteiger charge is -2.35. The van der Waals surface area contributed by atoms with Gasteiger partial charge in [0, 0.05) is 36.9 Å². The van der Waals surface area contributed by atoms with Crippen LogP contribution in [0.2, 0.25) is 0 Å². The van der Waals surface area contributed by atoms with Crippen LogP contribution in [0.25, 0.3) is 0 Å². The van der Waals surface area contributed by atoms with Crippen molar-refractivity contribution in [2.45, 2.75) is 38.6 Å². The number of hydrogen-bond acceptors (Lipinski definition) is 4. The fourth-order valence-electron chi connectivity index (χ4n) is 3.59. The molecule has 2 heterocycles. The molecule has 1 amide bonds. The van der Waals surface area contributed by atoms with E-state index in [1.807, 2.05) is 12.1 Å². The van der Waals surface area contributed by atoms with Crippen LogP contribution in [0.1, 0.15) is 32.6 Å². The maximum Gasteiger partial charge on any atom is 0.311 e. The molecule has 0 saturated carbocycles. The van der Waals surface area contributed by atoms with Crippen LogP contribution < -0.4 is 9.80 Å². The van der Waals surface area contributed by atoms with Crippen molar-refractivity contribution in [2.24, 2.45) is 5.92 Å². The minimum Gasteiger partial charge on any atom is -0.469 e. The summed E-state index contributed by atoms with van der Waals surface area (Å²) in [4.78, 5) is 27.9. The van der Waals surface area contributed by atoms with Gasteiger partial charge in [0.05, 0.1) is 13.0 Å². The second-order valence-corrected chi connectivity index (χ2v) is 6.48. The molecule has 5 heteroatoms. The highest BCUT2D eigenvalue weighted by atomic mass is 16.5. The minimum atomic E-state index is -0.353. The Bertz CT molecular complexity index is 584. The highest BCUT2D eigenvalue weighted by molar-refractivity contribution is 5.99. The fraction of sp³-hybridized carbons (Fsp3) is 0.556. The van der Waals surface area contributed by atoms with E-state index < -0.39 is 0 Å². The standard InChI is InChI=1S/C18H24N2O3/c1-13-5-3-4-10-19(13)15-6-8-16(9-7-15)20-12-14(11-17(20)21)18(22)23-2/h6-9,13-14H,3-5,10-12H2,1-2H3/t13-,14+/m0/s1. The Hall–Kier alpha value is -2.04. The van der Waals surface area contributed by atoms with Crippen LogP contribution in [0.4, 0.5) is 11.4 Å². The van der Waals surface area contributed by atoms with Gasteiger partial charge in [0.15, 0.2) is 0 Å². The first kappa shape index (κ1) is 15.8. The molecular weight excluding hydrogens is 292 g/mol. The summed E-state index contributed by atoms with van der Waals surface area (Å²) in [6.07, 6.45) is 4.00. The summed E-state index contributed by atoms with van der Waals surface area (Å²) >= 11 is 0. The van der Waals surface area contributed by atoms with Crippen LogP contribution in [0.3, 0.4) is 0 Å². The van der Waals surface area contributed by atoms with Crippen LogP contribution in [0, 0.1) is 5.92 Å². The summed E-state index contributed by atoms with van der Waals surface area (Å²) in [5.74, 6) is -0.673. The molecule has 2 fully saturated rings. The highest BCUT2D eigenvalue weighted by Crippen LogP contribution is 2.30. The van der Waals surface area contributed by atoms with Crippen molar-refractivity contribution in [1.29, 1.82) is 0 Å². The second-order valence-electron chi connectivity index (χ2n) is 6.48. The van der Waals surface area contributed by atoms with Crippen molar-refractivity contribution in [2.75, 3.05) is 30.0 Å². The number of methoxy groups -OCH3 is 1. The Labute approximate surface area is 137 Å². The molecule has 0 aromatic heterocycles. The van der Waals surface area contributed by atoms with Gasteiger partial charge < -0.3 is 14.5 Å². The Balaban J connectivity index is 1.72. The maximum absolute atomic E-state index is 12.2. The molecule has 5 nitrogen and oxygen atoms in total. The van der Waals surface area contributed by atoms with Gasteiger partial charge in [0.2, 0.25) is 5.91 Å². The quantitative estimate of drug-likeness (QED) is 0.804. The van der Waals surface area contributed by atoms with E-state index >= 15 is 0 Å². The third kappa shape index (κ3) is 3.19. The van der Waals surface area contributed by atoms with Crippen LogP contribution in [0.15, 0.2) is 24.3 Å². The molecule has 2 aliphatic heterocycles. The Kier molecular flexibility index (Phi) is 4.55. The van der Waals surface area contributed by atoms with Crippen molar-refractivity contribution in [1.82, 2.24) is 0 Å². The first-order chi connectivity index (χ1) is 11.1. The Morgan fingerprint density at radius 1 is 1.17 bits per heavy atom. The lowest BCUT2D eigenvalue weighted by atomic mass is 10.0. The number of ether oxygens (including phenoxy) is 1. The summed E-state index contributed by atoms with van der Waals surface area (Å²) in [5, 5.41) is 0. The number of rotatable bonds is 3. The lowest BCUT2D eigenvalue weighted by Crippen LogP contribution is -2.37. The number of carbonyl (C=O) groups is 2. The van der Waals surface area contributed by atoms with Crippen molar-refractivity contribution < 1.29 is 14.3 Å². The van der Waals surface area contributed by atoms with E-state index in [9.17, 15) is 9.59 Å². The maximum atomic E-state index is 12.2. The topological polar surface area (TPSA) is 49.9 Å². The molecular formula is C18H24N2O3. The van der Waals surface area contributed by atoms with Crippen LogP contribution in [-0.4, -0.2) is 38.1 Å². The van der Waals surface area contributed by atoms with Crippen LogP contribution in [-0.2, 0) is 14.3 Å². The molecule has 0 N–H and O–H groups in total. The SMILES string of the molecule is COC(=O)[C@@H]1CC(=O)N(c2ccc(N3CCCC[C@@H]3C)cc2)C1. The van der Waals surface area contributed by atoms with Crippen molar-refractivity contribution in [3.05, 3.63) is 24.3 Å². The van der Waals surface area contributed by atoms with Crippen LogP contribution >= 0.6 is 0 Å². The predicted octanol–water partition coefficient (Wildman–Crippen LogP) is 2.59. The Morgan fingerprint density at radius 2 is 1.87 bits per heavy atom. The molecule has 1 aromatic carbocycles. The van der Waals surface area contributed by atoms with Gasteiger partial charge in [-0.3, -0.25) is 9.59 Å². The van der Waals surface area contributed by atoms with E-state index in [1.165, 1.54) is 32.1 Å². The van der Waals surface area contributed by atoms with Gasteiger partial charge >= 0.3 is 5.97 Å². The molecule has 2 atom stereocenters. The van der Waals surface area contributed by atoms with Gasteiger partial charge in [-0.05, 0) is 50.5 Å². The van der Waals surface area contributed by atoms with E-state index in [1.54, 1.807) is 4.90 Å². The van der Waals surface area contributed by atoms with Crippen molar-refractivity contribution in [3.8, 4) is 0 Å². The molecule has 124 valence electrons. The molecule has 23 heavy (non-hydrogen) atoms. The van der Waals surface area contributed by atoms with Gasteiger partial charge in [-0.25, -0.2) is 0 Å². The first-order valence-corrected chi connectivity index (χ1v) is 8.35. The zero-order chi connectivity index (χ0) is 16.4. The van der Waals surface area contributed by atoms with Gasteiger partial charge in [-0.2, -0.15) is 0 Å². The second kappa shape index (κ2) is 6.60. The fourth-order valence-corrected chi connectivity index (χ4v) is 3.59. The third-order valence-electron chi connectivity index (χ3n) is 4.96. The van der Waals surface area contributed by atoms with E-state index in [0.717, 1.165) is 12.2 Å². The summed E-state index contributed by atoms with van der Waals surface area (Å²) in [6.45, 7) is 3.76. The van der Waals surface area contributed by atoms with E-state index in [-0.39, 0.29) is 24.2 Å². The van der Waals surface area contributed by atoms with Crippen molar-refractivity contribution in [3.63, 3.8) is 0 Å². The number of nitrogens with zero attached hydrogens (tertiary/aromatic N) is 2. The minimum absolute atomic E-state index is 0.0144.